The number of carboxylic acid groups (broad SMARTS) is 1. The van der Waals surface area contributed by atoms with E-state index in [2.05, 4.69) is 46.0 Å². The third-order valence-electron chi connectivity index (χ3n) is 4.34. The van der Waals surface area contributed by atoms with Crippen molar-refractivity contribution in [3.63, 3.8) is 0 Å². The maximum absolute atomic E-state index is 11.4. The number of imidazole rings is 1. The Hall–Kier alpha value is -1.81. The molecule has 0 spiro atoms. The molecule has 8 nitrogen and oxygen atoms in total. The van der Waals surface area contributed by atoms with Crippen molar-refractivity contribution in [1.29, 1.82) is 0 Å². The lowest BCUT2D eigenvalue weighted by molar-refractivity contribution is -0.141. The molecule has 0 aliphatic rings. The number of amides is 1. The van der Waals surface area contributed by atoms with Gasteiger partial charge in [0.1, 0.15) is 16.1 Å². The Morgan fingerprint density at radius 1 is 1.29 bits per heavy atom. The van der Waals surface area contributed by atoms with Crippen LogP contribution in [0.25, 0.3) is 0 Å². The van der Waals surface area contributed by atoms with Gasteiger partial charge in [-0.1, -0.05) is 20.8 Å². The number of aromatic amines is 1. The van der Waals surface area contributed by atoms with Crippen molar-refractivity contribution in [1.82, 2.24) is 15.3 Å². The first-order chi connectivity index (χ1) is 13.2. The van der Waals surface area contributed by atoms with Crippen molar-refractivity contribution in [2.75, 3.05) is 14.1 Å². The lowest BCUT2D eigenvalue weighted by atomic mass is 9.94. The minimum atomic E-state index is -1.11. The van der Waals surface area contributed by atoms with Gasteiger partial charge in [-0.15, -0.1) is 0 Å². The highest BCUT2D eigenvalue weighted by molar-refractivity contribution is 8.82. The van der Waals surface area contributed by atoms with Gasteiger partial charge in [-0.2, -0.15) is 0 Å². The standard InChI is InChI=1S/C18H29N5O3S2/c1-10(2)11(3)7-14-17(22-9-21-14)28-27-16(20-6)13(19-5)8-15(18(25)26)23-12(4)24/h9-11,15H,7-8H2,1-6H3,(H,21,22)(H,23,24)(H,25,26). The molecule has 1 amide bonds. The van der Waals surface area contributed by atoms with Crippen LogP contribution in [0.15, 0.2) is 21.3 Å². The van der Waals surface area contributed by atoms with E-state index >= 15 is 0 Å². The van der Waals surface area contributed by atoms with E-state index in [1.54, 1.807) is 20.4 Å². The summed E-state index contributed by atoms with van der Waals surface area (Å²) in [6, 6.07) is -1.05. The van der Waals surface area contributed by atoms with Crippen LogP contribution in [0.2, 0.25) is 0 Å². The average Bonchev–Trinajstić information content (AvgIpc) is 3.06. The SMILES string of the molecule is CN=C(CC(NC(C)=O)C(=O)O)C(=NC)SSc1nc[nH]c1CC(C)C(C)C. The second kappa shape index (κ2) is 11.9. The Kier molecular flexibility index (Phi) is 10.3. The molecule has 2 unspecified atom stereocenters. The summed E-state index contributed by atoms with van der Waals surface area (Å²) in [7, 11) is 6.06. The monoisotopic (exact) mass is 427 g/mol. The molecule has 0 saturated carbocycles. The molecule has 2 atom stereocenters. The van der Waals surface area contributed by atoms with Crippen LogP contribution in [0.5, 0.6) is 0 Å². The van der Waals surface area contributed by atoms with E-state index in [0.29, 0.717) is 22.6 Å². The third kappa shape index (κ3) is 7.67. The fourth-order valence-electron chi connectivity index (χ4n) is 2.29. The number of carbonyl (C=O) groups excluding carboxylic acids is 1. The summed E-state index contributed by atoms with van der Waals surface area (Å²) in [4.78, 5) is 38.7. The Labute approximate surface area is 173 Å². The minimum Gasteiger partial charge on any atom is -0.480 e. The summed E-state index contributed by atoms with van der Waals surface area (Å²) in [5.74, 6) is -0.421. The number of carbonyl (C=O) groups is 2. The van der Waals surface area contributed by atoms with Crippen molar-refractivity contribution in [3.05, 3.63) is 12.0 Å². The average molecular weight is 428 g/mol. The molecule has 1 aromatic heterocycles. The first-order valence-corrected chi connectivity index (χ1v) is 11.1. The summed E-state index contributed by atoms with van der Waals surface area (Å²) in [5.41, 5.74) is 1.60. The number of hydrogen-bond donors (Lipinski definition) is 3. The molecule has 0 aromatic carbocycles. The van der Waals surface area contributed by atoms with Crippen LogP contribution in [-0.4, -0.2) is 57.8 Å². The number of carboxylic acids is 1. The lowest BCUT2D eigenvalue weighted by Gasteiger charge is -2.16. The molecule has 10 heteroatoms. The predicted molar refractivity (Wildman–Crippen MR) is 116 cm³/mol. The van der Waals surface area contributed by atoms with E-state index in [1.807, 2.05) is 0 Å². The first kappa shape index (κ1) is 24.2. The number of hydrogen-bond acceptors (Lipinski definition) is 7. The van der Waals surface area contributed by atoms with Crippen molar-refractivity contribution in [2.45, 2.75) is 51.6 Å². The zero-order valence-corrected chi connectivity index (χ0v) is 18.8. The maximum Gasteiger partial charge on any atom is 0.326 e. The van der Waals surface area contributed by atoms with Crippen LogP contribution in [0, 0.1) is 11.8 Å². The third-order valence-corrected chi connectivity index (χ3v) is 6.70. The molecular weight excluding hydrogens is 398 g/mol. The zero-order chi connectivity index (χ0) is 21.3. The van der Waals surface area contributed by atoms with Gasteiger partial charge in [-0.25, -0.2) is 9.78 Å². The highest BCUT2D eigenvalue weighted by atomic mass is 33.1. The van der Waals surface area contributed by atoms with Gasteiger partial charge in [0.25, 0.3) is 0 Å². The fraction of sp³-hybridized carbons (Fsp3) is 0.611. The Bertz CT molecular complexity index is 731. The summed E-state index contributed by atoms with van der Waals surface area (Å²) in [6.45, 7) is 7.89. The molecule has 0 fully saturated rings. The molecule has 0 saturated heterocycles. The lowest BCUT2D eigenvalue weighted by Crippen LogP contribution is -2.41. The molecule has 1 heterocycles. The van der Waals surface area contributed by atoms with E-state index < -0.39 is 17.9 Å². The molecule has 0 aliphatic carbocycles. The minimum absolute atomic E-state index is 0.0590. The number of aromatic nitrogens is 2. The Balaban J connectivity index is 2.82. The number of rotatable bonds is 10. The molecule has 28 heavy (non-hydrogen) atoms. The van der Waals surface area contributed by atoms with Gasteiger partial charge >= 0.3 is 5.97 Å². The van der Waals surface area contributed by atoms with Crippen molar-refractivity contribution in [3.8, 4) is 0 Å². The summed E-state index contributed by atoms with van der Waals surface area (Å²) in [6.07, 6.45) is 2.64. The number of nitrogens with one attached hydrogen (secondary N) is 2. The van der Waals surface area contributed by atoms with Crippen LogP contribution >= 0.6 is 21.6 Å². The van der Waals surface area contributed by atoms with E-state index in [-0.39, 0.29) is 6.42 Å². The quantitative estimate of drug-likeness (QED) is 0.300. The Morgan fingerprint density at radius 3 is 2.46 bits per heavy atom. The molecule has 1 rings (SSSR count). The van der Waals surface area contributed by atoms with Crippen LogP contribution in [0.1, 0.15) is 39.8 Å². The largest absolute Gasteiger partial charge is 0.480 e. The number of aliphatic imine (C=N–C) groups is 2. The van der Waals surface area contributed by atoms with Crippen LogP contribution in [-0.2, 0) is 16.0 Å². The van der Waals surface area contributed by atoms with Gasteiger partial charge in [-0.05, 0) is 39.8 Å². The molecular formula is C18H29N5O3S2. The van der Waals surface area contributed by atoms with Gasteiger partial charge in [0, 0.05) is 33.1 Å². The van der Waals surface area contributed by atoms with E-state index in [4.69, 9.17) is 0 Å². The van der Waals surface area contributed by atoms with Crippen molar-refractivity contribution >= 4 is 44.2 Å². The van der Waals surface area contributed by atoms with Crippen molar-refractivity contribution < 1.29 is 14.7 Å². The van der Waals surface area contributed by atoms with E-state index in [9.17, 15) is 14.7 Å². The van der Waals surface area contributed by atoms with Crippen LogP contribution in [0.4, 0.5) is 0 Å². The second-order valence-electron chi connectivity index (χ2n) is 6.77. The molecule has 3 N–H and O–H groups in total. The number of aliphatic carboxylic acids is 1. The smallest absolute Gasteiger partial charge is 0.326 e. The first-order valence-electron chi connectivity index (χ1n) is 8.99. The van der Waals surface area contributed by atoms with Gasteiger partial charge in [-0.3, -0.25) is 14.8 Å². The normalized spacial score (nSPS) is 14.8. The van der Waals surface area contributed by atoms with E-state index in [1.165, 1.54) is 28.5 Å². The second-order valence-corrected chi connectivity index (χ2v) is 8.88. The molecule has 1 aromatic rings. The highest BCUT2D eigenvalue weighted by Crippen LogP contribution is 2.34. The topological polar surface area (TPSA) is 120 Å². The summed E-state index contributed by atoms with van der Waals surface area (Å²) >= 11 is 0. The van der Waals surface area contributed by atoms with Crippen LogP contribution in [0.3, 0.4) is 0 Å². The maximum atomic E-state index is 11.4. The molecule has 0 aliphatic heterocycles. The van der Waals surface area contributed by atoms with Gasteiger partial charge < -0.3 is 15.4 Å². The number of nitrogens with zero attached hydrogens (tertiary/aromatic N) is 3. The Morgan fingerprint density at radius 2 is 1.96 bits per heavy atom. The van der Waals surface area contributed by atoms with E-state index in [0.717, 1.165) is 17.1 Å². The fourth-order valence-corrected chi connectivity index (χ4v) is 4.55. The van der Waals surface area contributed by atoms with Gasteiger partial charge in [0.2, 0.25) is 5.91 Å². The predicted octanol–water partition coefficient (Wildman–Crippen LogP) is 3.06. The van der Waals surface area contributed by atoms with Crippen molar-refractivity contribution in [2.24, 2.45) is 21.8 Å². The van der Waals surface area contributed by atoms with Gasteiger partial charge in [0.05, 0.1) is 12.0 Å². The highest BCUT2D eigenvalue weighted by Gasteiger charge is 2.24. The zero-order valence-electron chi connectivity index (χ0n) is 17.1. The summed E-state index contributed by atoms with van der Waals surface area (Å²) in [5, 5.41) is 13.2. The molecule has 0 bridgehead atoms. The van der Waals surface area contributed by atoms with Gasteiger partial charge in [0.15, 0.2) is 0 Å². The summed E-state index contributed by atoms with van der Waals surface area (Å²) < 4.78 is 0. The molecule has 156 valence electrons. The molecule has 0 radical (unpaired) electrons. The number of H-pyrrole nitrogens is 1. The van der Waals surface area contributed by atoms with Crippen LogP contribution < -0.4 is 5.32 Å².